The third kappa shape index (κ3) is 4.77. The molecule has 2 rings (SSSR count). The minimum atomic E-state index is -0.0720. The zero-order chi connectivity index (χ0) is 18.2. The molecule has 0 aliphatic carbocycles. The van der Waals surface area contributed by atoms with E-state index in [1.165, 1.54) is 6.92 Å². The van der Waals surface area contributed by atoms with Crippen molar-refractivity contribution in [2.75, 3.05) is 16.8 Å². The molecule has 1 heterocycles. The lowest BCUT2D eigenvalue weighted by molar-refractivity contribution is -0.116. The van der Waals surface area contributed by atoms with Gasteiger partial charge in [-0.3, -0.25) is 4.79 Å². The maximum Gasteiger partial charge on any atom is 0.224 e. The van der Waals surface area contributed by atoms with Crippen LogP contribution in [0.2, 0.25) is 0 Å². The first-order valence-corrected chi connectivity index (χ1v) is 8.41. The van der Waals surface area contributed by atoms with Gasteiger partial charge in [0, 0.05) is 19.2 Å². The van der Waals surface area contributed by atoms with E-state index < -0.39 is 0 Å². The van der Waals surface area contributed by atoms with E-state index >= 15 is 0 Å². The first-order chi connectivity index (χ1) is 12.1. The molecule has 0 atom stereocenters. The van der Waals surface area contributed by atoms with Gasteiger partial charge >= 0.3 is 0 Å². The van der Waals surface area contributed by atoms with Crippen LogP contribution in [0.1, 0.15) is 43.8 Å². The van der Waals surface area contributed by atoms with E-state index in [0.717, 1.165) is 25.1 Å². The standard InChI is InChI=1S/C19H23N5O/c1-4-5-11-21-19-17(12-20)22-14(2)18(23-19)13-24(15(3)25)16-9-7-6-8-10-16/h6-10H,4-5,11,13H2,1-3H3,(H,21,23). The molecule has 0 radical (unpaired) electrons. The molecule has 6 nitrogen and oxygen atoms in total. The molecule has 0 saturated heterocycles. The van der Waals surface area contributed by atoms with Crippen LogP contribution in [0.4, 0.5) is 11.5 Å². The van der Waals surface area contributed by atoms with Crippen molar-refractivity contribution in [2.45, 2.75) is 40.2 Å². The lowest BCUT2D eigenvalue weighted by Gasteiger charge is -2.22. The van der Waals surface area contributed by atoms with Gasteiger partial charge in [-0.15, -0.1) is 0 Å². The van der Waals surface area contributed by atoms with Crippen LogP contribution in [-0.2, 0) is 11.3 Å². The number of rotatable bonds is 7. The number of carbonyl (C=O) groups is 1. The molecule has 2 aromatic rings. The fraction of sp³-hybridized carbons (Fsp3) is 0.368. The van der Waals surface area contributed by atoms with Crippen LogP contribution in [0.3, 0.4) is 0 Å². The van der Waals surface area contributed by atoms with E-state index in [4.69, 9.17) is 0 Å². The Morgan fingerprint density at radius 3 is 2.60 bits per heavy atom. The molecule has 25 heavy (non-hydrogen) atoms. The van der Waals surface area contributed by atoms with Crippen molar-refractivity contribution in [3.63, 3.8) is 0 Å². The lowest BCUT2D eigenvalue weighted by atomic mass is 10.2. The van der Waals surface area contributed by atoms with Crippen LogP contribution >= 0.6 is 0 Å². The molecule has 0 saturated carbocycles. The molecule has 6 heteroatoms. The topological polar surface area (TPSA) is 81.9 Å². The molecule has 1 amide bonds. The predicted molar refractivity (Wildman–Crippen MR) is 98.2 cm³/mol. The van der Waals surface area contributed by atoms with Gasteiger partial charge in [-0.1, -0.05) is 31.5 Å². The van der Waals surface area contributed by atoms with Crippen molar-refractivity contribution in [1.29, 1.82) is 5.26 Å². The van der Waals surface area contributed by atoms with Crippen LogP contribution < -0.4 is 10.2 Å². The third-order valence-corrected chi connectivity index (χ3v) is 3.85. The SMILES string of the molecule is CCCCNc1nc(CN(C(C)=O)c2ccccc2)c(C)nc1C#N. The normalized spacial score (nSPS) is 10.2. The Balaban J connectivity index is 2.32. The molecule has 1 aromatic carbocycles. The molecular weight excluding hydrogens is 314 g/mol. The zero-order valence-corrected chi connectivity index (χ0v) is 14.9. The fourth-order valence-electron chi connectivity index (χ4n) is 2.43. The number of nitrogens with zero attached hydrogens (tertiary/aromatic N) is 4. The van der Waals surface area contributed by atoms with E-state index in [0.29, 0.717) is 23.8 Å². The number of hydrogen-bond donors (Lipinski definition) is 1. The number of amides is 1. The number of aromatic nitrogens is 2. The summed E-state index contributed by atoms with van der Waals surface area (Å²) in [4.78, 5) is 22.7. The number of anilines is 2. The highest BCUT2D eigenvalue weighted by atomic mass is 16.2. The van der Waals surface area contributed by atoms with Gasteiger partial charge in [0.2, 0.25) is 5.91 Å². The molecule has 0 bridgehead atoms. The average Bonchev–Trinajstić information content (AvgIpc) is 2.62. The van der Waals surface area contributed by atoms with Crippen molar-refractivity contribution < 1.29 is 4.79 Å². The Labute approximate surface area is 148 Å². The summed E-state index contributed by atoms with van der Waals surface area (Å²) in [6, 6.07) is 11.5. The molecule has 130 valence electrons. The molecule has 0 aliphatic rings. The number of benzene rings is 1. The smallest absolute Gasteiger partial charge is 0.224 e. The number of carbonyl (C=O) groups excluding carboxylic acids is 1. The Kier molecular flexibility index (Phi) is 6.47. The summed E-state index contributed by atoms with van der Waals surface area (Å²) >= 11 is 0. The van der Waals surface area contributed by atoms with Crippen LogP contribution in [0.15, 0.2) is 30.3 Å². The highest BCUT2D eigenvalue weighted by Gasteiger charge is 2.17. The zero-order valence-electron chi connectivity index (χ0n) is 14.9. The molecule has 0 aliphatic heterocycles. The van der Waals surface area contributed by atoms with Gasteiger partial charge in [0.15, 0.2) is 11.5 Å². The van der Waals surface area contributed by atoms with Crippen LogP contribution in [-0.4, -0.2) is 22.4 Å². The highest BCUT2D eigenvalue weighted by Crippen LogP contribution is 2.20. The summed E-state index contributed by atoms with van der Waals surface area (Å²) < 4.78 is 0. The minimum Gasteiger partial charge on any atom is -0.368 e. The van der Waals surface area contributed by atoms with Crippen molar-refractivity contribution in [3.05, 3.63) is 47.4 Å². The van der Waals surface area contributed by atoms with E-state index in [2.05, 4.69) is 28.3 Å². The van der Waals surface area contributed by atoms with Crippen molar-refractivity contribution >= 4 is 17.4 Å². The van der Waals surface area contributed by atoms with E-state index in [-0.39, 0.29) is 11.6 Å². The van der Waals surface area contributed by atoms with Gasteiger partial charge in [-0.2, -0.15) is 5.26 Å². The van der Waals surface area contributed by atoms with E-state index in [1.54, 1.807) is 4.90 Å². The number of aryl methyl sites for hydroxylation is 1. The molecular formula is C19H23N5O. The Morgan fingerprint density at radius 2 is 2.00 bits per heavy atom. The number of hydrogen-bond acceptors (Lipinski definition) is 5. The quantitative estimate of drug-likeness (QED) is 0.783. The van der Waals surface area contributed by atoms with Gasteiger partial charge < -0.3 is 10.2 Å². The van der Waals surface area contributed by atoms with Gasteiger partial charge in [0.05, 0.1) is 17.9 Å². The van der Waals surface area contributed by atoms with Crippen LogP contribution in [0.5, 0.6) is 0 Å². The van der Waals surface area contributed by atoms with Crippen molar-refractivity contribution in [3.8, 4) is 6.07 Å². The Hall–Kier alpha value is -2.94. The Bertz CT molecular complexity index is 767. The van der Waals surface area contributed by atoms with Gasteiger partial charge in [0.25, 0.3) is 0 Å². The lowest BCUT2D eigenvalue weighted by Crippen LogP contribution is -2.29. The second-order valence-corrected chi connectivity index (χ2v) is 5.79. The molecule has 1 N–H and O–H groups in total. The fourth-order valence-corrected chi connectivity index (χ4v) is 2.43. The summed E-state index contributed by atoms with van der Waals surface area (Å²) in [7, 11) is 0. The second kappa shape index (κ2) is 8.78. The van der Waals surface area contributed by atoms with Crippen LogP contribution in [0, 0.1) is 18.3 Å². The number of para-hydroxylation sites is 1. The third-order valence-electron chi connectivity index (χ3n) is 3.85. The highest BCUT2D eigenvalue weighted by molar-refractivity contribution is 5.91. The van der Waals surface area contributed by atoms with Crippen molar-refractivity contribution in [2.24, 2.45) is 0 Å². The first kappa shape index (κ1) is 18.4. The van der Waals surface area contributed by atoms with Crippen LogP contribution in [0.25, 0.3) is 0 Å². The van der Waals surface area contributed by atoms with E-state index in [9.17, 15) is 10.1 Å². The molecule has 0 unspecified atom stereocenters. The first-order valence-electron chi connectivity index (χ1n) is 8.41. The maximum absolute atomic E-state index is 12.1. The summed E-state index contributed by atoms with van der Waals surface area (Å²) in [5.41, 5.74) is 2.42. The summed E-state index contributed by atoms with van der Waals surface area (Å²) in [5, 5.41) is 12.5. The minimum absolute atomic E-state index is 0.0720. The molecule has 0 spiro atoms. The largest absolute Gasteiger partial charge is 0.368 e. The second-order valence-electron chi connectivity index (χ2n) is 5.79. The molecule has 0 fully saturated rings. The van der Waals surface area contributed by atoms with Gasteiger partial charge in [-0.25, -0.2) is 9.97 Å². The number of nitriles is 1. The number of nitrogens with one attached hydrogen (secondary N) is 1. The van der Waals surface area contributed by atoms with Gasteiger partial charge in [0.1, 0.15) is 6.07 Å². The predicted octanol–water partition coefficient (Wildman–Crippen LogP) is 3.42. The van der Waals surface area contributed by atoms with Crippen molar-refractivity contribution in [1.82, 2.24) is 9.97 Å². The van der Waals surface area contributed by atoms with E-state index in [1.807, 2.05) is 37.3 Å². The summed E-state index contributed by atoms with van der Waals surface area (Å²) in [6.07, 6.45) is 2.03. The average molecular weight is 337 g/mol. The summed E-state index contributed by atoms with van der Waals surface area (Å²) in [6.45, 7) is 6.48. The monoisotopic (exact) mass is 337 g/mol. The maximum atomic E-state index is 12.1. The Morgan fingerprint density at radius 1 is 1.28 bits per heavy atom. The van der Waals surface area contributed by atoms with Gasteiger partial charge in [-0.05, 0) is 25.5 Å². The summed E-state index contributed by atoms with van der Waals surface area (Å²) in [5.74, 6) is 0.408. The number of unbranched alkanes of at least 4 members (excludes halogenated alkanes) is 1. The molecule has 1 aromatic heterocycles.